The van der Waals surface area contributed by atoms with Crippen molar-refractivity contribution in [3.63, 3.8) is 0 Å². The molecule has 0 radical (unpaired) electrons. The maximum absolute atomic E-state index is 9.80. The van der Waals surface area contributed by atoms with E-state index in [1.165, 1.54) is 0 Å². The lowest BCUT2D eigenvalue weighted by Gasteiger charge is -2.15. The summed E-state index contributed by atoms with van der Waals surface area (Å²) in [6.45, 7) is 6.10. The maximum Gasteiger partial charge on any atom is 0.158 e. The molecule has 146 valence electrons. The average Bonchev–Trinajstić information content (AvgIpc) is 3.22. The van der Waals surface area contributed by atoms with Gasteiger partial charge in [-0.05, 0) is 23.8 Å². The monoisotopic (exact) mass is 423 g/mol. The van der Waals surface area contributed by atoms with Crippen LogP contribution in [0.4, 0.5) is 0 Å². The first kappa shape index (κ1) is 19.5. The molecule has 4 aromatic rings. The molecule has 2 heterocycles. The van der Waals surface area contributed by atoms with Gasteiger partial charge in [-0.15, -0.1) is 0 Å². The fourth-order valence-electron chi connectivity index (χ4n) is 3.46. The van der Waals surface area contributed by atoms with Gasteiger partial charge in [-0.25, -0.2) is 4.98 Å². The van der Waals surface area contributed by atoms with E-state index in [-0.39, 0.29) is 5.41 Å². The van der Waals surface area contributed by atoms with Gasteiger partial charge in [-0.1, -0.05) is 62.2 Å². The number of halogens is 2. The van der Waals surface area contributed by atoms with Crippen LogP contribution < -0.4 is 0 Å². The highest BCUT2D eigenvalue weighted by atomic mass is 35.5. The average molecular weight is 424 g/mol. The second-order valence-electron chi connectivity index (χ2n) is 7.98. The van der Waals surface area contributed by atoms with Crippen LogP contribution in [-0.2, 0) is 12.5 Å². The van der Waals surface area contributed by atoms with Gasteiger partial charge in [-0.3, -0.25) is 4.68 Å². The van der Waals surface area contributed by atoms with Crippen molar-refractivity contribution in [3.8, 4) is 28.7 Å². The number of benzene rings is 2. The number of aromatic nitrogens is 4. The number of imidazole rings is 1. The van der Waals surface area contributed by atoms with E-state index in [0.717, 1.165) is 22.3 Å². The number of nitrogens with zero attached hydrogens (tertiary/aromatic N) is 4. The molecule has 0 saturated carbocycles. The van der Waals surface area contributed by atoms with Crippen molar-refractivity contribution in [2.24, 2.45) is 7.05 Å². The van der Waals surface area contributed by atoms with Gasteiger partial charge in [0.2, 0.25) is 0 Å². The summed E-state index contributed by atoms with van der Waals surface area (Å²) < 4.78 is 1.69. The minimum Gasteiger partial charge on any atom is -0.337 e. The highest BCUT2D eigenvalue weighted by Crippen LogP contribution is 2.36. The second-order valence-corrected chi connectivity index (χ2v) is 8.79. The predicted molar refractivity (Wildman–Crippen MR) is 117 cm³/mol. The van der Waals surface area contributed by atoms with Crippen LogP contribution in [0.2, 0.25) is 10.0 Å². The van der Waals surface area contributed by atoms with Gasteiger partial charge in [-0.2, -0.15) is 10.4 Å². The van der Waals surface area contributed by atoms with Crippen LogP contribution in [0.15, 0.2) is 36.4 Å². The summed E-state index contributed by atoms with van der Waals surface area (Å²) in [6, 6.07) is 13.7. The fourth-order valence-corrected chi connectivity index (χ4v) is 3.97. The molecule has 0 unspecified atom stereocenters. The van der Waals surface area contributed by atoms with E-state index < -0.39 is 0 Å². The lowest BCUT2D eigenvalue weighted by atomic mass is 9.89. The van der Waals surface area contributed by atoms with E-state index in [2.05, 4.69) is 21.1 Å². The number of hydrogen-bond donors (Lipinski definition) is 1. The Kier molecular flexibility index (Phi) is 4.65. The van der Waals surface area contributed by atoms with Crippen molar-refractivity contribution >= 4 is 34.2 Å². The normalized spacial score (nSPS) is 11.8. The number of aryl methyl sites for hydroxylation is 1. The molecule has 2 aromatic carbocycles. The zero-order chi connectivity index (χ0) is 20.9. The molecular formula is C22H19Cl2N5. The van der Waals surface area contributed by atoms with E-state index in [1.54, 1.807) is 4.68 Å². The van der Waals surface area contributed by atoms with Crippen LogP contribution in [0.3, 0.4) is 0 Å². The summed E-state index contributed by atoms with van der Waals surface area (Å²) in [7, 11) is 1.81. The van der Waals surface area contributed by atoms with E-state index in [9.17, 15) is 5.26 Å². The molecule has 1 N–H and O–H groups in total. The van der Waals surface area contributed by atoms with Crippen LogP contribution in [0, 0.1) is 11.3 Å². The smallest absolute Gasteiger partial charge is 0.158 e. The summed E-state index contributed by atoms with van der Waals surface area (Å²) in [5.74, 6) is 0.556. The standard InChI is InChI=1S/C22H19Cl2N5/c1-22(2,3)20-14(11-25)19(29(4)28-20)21-26-17-10-12(9-16(24)18(17)27-21)13-7-5-6-8-15(13)23/h5-10H,1-4H3,(H,26,27). The minimum atomic E-state index is -0.262. The molecule has 5 nitrogen and oxygen atoms in total. The van der Waals surface area contributed by atoms with E-state index in [1.807, 2.05) is 64.2 Å². The largest absolute Gasteiger partial charge is 0.337 e. The van der Waals surface area contributed by atoms with E-state index >= 15 is 0 Å². The Morgan fingerprint density at radius 3 is 2.48 bits per heavy atom. The fraction of sp³-hybridized carbons (Fsp3) is 0.227. The molecule has 0 aliphatic carbocycles. The third-order valence-electron chi connectivity index (χ3n) is 4.82. The van der Waals surface area contributed by atoms with Gasteiger partial charge in [0.25, 0.3) is 0 Å². The highest BCUT2D eigenvalue weighted by molar-refractivity contribution is 6.36. The third kappa shape index (κ3) is 3.29. The molecule has 4 rings (SSSR count). The Morgan fingerprint density at radius 1 is 1.10 bits per heavy atom. The lowest BCUT2D eigenvalue weighted by molar-refractivity contribution is 0.552. The first-order valence-corrected chi connectivity index (χ1v) is 9.88. The lowest BCUT2D eigenvalue weighted by Crippen LogP contribution is -2.14. The van der Waals surface area contributed by atoms with Gasteiger partial charge >= 0.3 is 0 Å². The number of H-pyrrole nitrogens is 1. The van der Waals surface area contributed by atoms with Crippen molar-refractivity contribution in [2.45, 2.75) is 26.2 Å². The number of aromatic amines is 1. The SMILES string of the molecule is Cn1nc(C(C)(C)C)c(C#N)c1-c1nc2c(Cl)cc(-c3ccccc3Cl)cc2[nH]1. The minimum absolute atomic E-state index is 0.262. The zero-order valence-electron chi connectivity index (χ0n) is 16.5. The molecule has 0 atom stereocenters. The van der Waals surface area contributed by atoms with Gasteiger partial charge in [0.15, 0.2) is 5.82 Å². The molecule has 0 saturated heterocycles. The van der Waals surface area contributed by atoms with Crippen LogP contribution >= 0.6 is 23.2 Å². The molecule has 0 fully saturated rings. The van der Waals surface area contributed by atoms with Crippen molar-refractivity contribution in [1.29, 1.82) is 5.26 Å². The molecule has 29 heavy (non-hydrogen) atoms. The Bertz CT molecular complexity index is 1290. The van der Waals surface area contributed by atoms with E-state index in [0.29, 0.717) is 32.6 Å². The predicted octanol–water partition coefficient (Wildman–Crippen LogP) is 6.11. The molecule has 0 aliphatic rings. The number of fused-ring (bicyclic) bond motifs is 1. The topological polar surface area (TPSA) is 70.3 Å². The van der Waals surface area contributed by atoms with Crippen molar-refractivity contribution < 1.29 is 0 Å². The number of nitriles is 1. The van der Waals surface area contributed by atoms with Crippen LogP contribution in [0.1, 0.15) is 32.0 Å². The van der Waals surface area contributed by atoms with Crippen LogP contribution in [0.5, 0.6) is 0 Å². The maximum atomic E-state index is 9.80. The molecule has 0 spiro atoms. The molecular weight excluding hydrogens is 405 g/mol. The molecule has 0 amide bonds. The van der Waals surface area contributed by atoms with Crippen LogP contribution in [0.25, 0.3) is 33.7 Å². The number of hydrogen-bond acceptors (Lipinski definition) is 3. The Labute approximate surface area is 178 Å². The Morgan fingerprint density at radius 2 is 1.83 bits per heavy atom. The third-order valence-corrected chi connectivity index (χ3v) is 5.44. The summed E-state index contributed by atoms with van der Waals surface area (Å²) in [5.41, 5.74) is 4.82. The van der Waals surface area contributed by atoms with Gasteiger partial charge in [0.1, 0.15) is 22.8 Å². The number of nitrogens with one attached hydrogen (secondary N) is 1. The molecule has 7 heteroatoms. The molecule has 2 aromatic heterocycles. The first-order valence-electron chi connectivity index (χ1n) is 9.13. The summed E-state index contributed by atoms with van der Waals surface area (Å²) >= 11 is 12.9. The van der Waals surface area contributed by atoms with Crippen molar-refractivity contribution in [2.75, 3.05) is 0 Å². The highest BCUT2D eigenvalue weighted by Gasteiger charge is 2.28. The summed E-state index contributed by atoms with van der Waals surface area (Å²) in [4.78, 5) is 7.98. The summed E-state index contributed by atoms with van der Waals surface area (Å²) in [5, 5.41) is 15.5. The van der Waals surface area contributed by atoms with Crippen molar-refractivity contribution in [1.82, 2.24) is 19.7 Å². The van der Waals surface area contributed by atoms with Crippen LogP contribution in [-0.4, -0.2) is 19.7 Å². The van der Waals surface area contributed by atoms with Gasteiger partial charge < -0.3 is 4.98 Å². The van der Waals surface area contributed by atoms with Crippen molar-refractivity contribution in [3.05, 3.63) is 57.7 Å². The number of rotatable bonds is 2. The Hall–Kier alpha value is -2.81. The quantitative estimate of drug-likeness (QED) is 0.422. The second kappa shape index (κ2) is 6.91. The van der Waals surface area contributed by atoms with E-state index in [4.69, 9.17) is 23.2 Å². The Balaban J connectivity index is 1.93. The zero-order valence-corrected chi connectivity index (χ0v) is 18.0. The molecule has 0 aliphatic heterocycles. The van der Waals surface area contributed by atoms with Gasteiger partial charge in [0, 0.05) is 23.0 Å². The first-order chi connectivity index (χ1) is 13.7. The van der Waals surface area contributed by atoms with Gasteiger partial charge in [0.05, 0.1) is 16.2 Å². The summed E-state index contributed by atoms with van der Waals surface area (Å²) in [6.07, 6.45) is 0. The molecule has 0 bridgehead atoms.